The Labute approximate surface area is 155 Å². The van der Waals surface area contributed by atoms with Crippen molar-refractivity contribution < 1.29 is 25.2 Å². The van der Waals surface area contributed by atoms with Gasteiger partial charge in [-0.3, -0.25) is 0 Å². The van der Waals surface area contributed by atoms with Gasteiger partial charge in [0, 0.05) is 20.9 Å². The third-order valence-electron chi connectivity index (χ3n) is 3.30. The number of hydrogen-bond donors (Lipinski definition) is 0. The SMILES string of the molecule is O=S(=O)(OS(CCCBr)(c1ccccc1)c1ccccc1)C(F)(F)F. The molecule has 2 aromatic rings. The highest BCUT2D eigenvalue weighted by Gasteiger charge is 2.51. The van der Waals surface area contributed by atoms with Crippen molar-refractivity contribution in [3.05, 3.63) is 60.7 Å². The minimum Gasteiger partial charge on any atom is -0.204 e. The van der Waals surface area contributed by atoms with E-state index >= 15 is 0 Å². The van der Waals surface area contributed by atoms with Gasteiger partial charge in [-0.2, -0.15) is 21.6 Å². The van der Waals surface area contributed by atoms with Gasteiger partial charge in [-0.05, 0) is 30.7 Å². The van der Waals surface area contributed by atoms with E-state index in [1.165, 1.54) is 0 Å². The molecule has 0 heterocycles. The second-order valence-electron chi connectivity index (χ2n) is 5.02. The molecule has 138 valence electrons. The second-order valence-corrected chi connectivity index (χ2v) is 10.4. The maximum Gasteiger partial charge on any atom is 0.523 e. The van der Waals surface area contributed by atoms with Gasteiger partial charge in [-0.15, -0.1) is 0 Å². The van der Waals surface area contributed by atoms with Crippen molar-refractivity contribution in [3.8, 4) is 0 Å². The van der Waals surface area contributed by atoms with Crippen LogP contribution in [0.5, 0.6) is 0 Å². The summed E-state index contributed by atoms with van der Waals surface area (Å²) >= 11 is 3.25. The highest BCUT2D eigenvalue weighted by atomic mass is 79.9. The van der Waals surface area contributed by atoms with Gasteiger partial charge in [-0.25, -0.2) is 3.63 Å². The molecule has 0 aliphatic rings. The minimum absolute atomic E-state index is 0.140. The maximum absolute atomic E-state index is 13.0. The highest BCUT2D eigenvalue weighted by molar-refractivity contribution is 9.09. The van der Waals surface area contributed by atoms with Crippen LogP contribution in [0.25, 0.3) is 0 Å². The number of benzene rings is 2. The van der Waals surface area contributed by atoms with Crippen LogP contribution in [0.15, 0.2) is 70.5 Å². The first-order valence-electron chi connectivity index (χ1n) is 7.22. The quantitative estimate of drug-likeness (QED) is 0.409. The van der Waals surface area contributed by atoms with Gasteiger partial charge in [0.25, 0.3) is 0 Å². The lowest BCUT2D eigenvalue weighted by Gasteiger charge is -2.39. The molecule has 0 aliphatic heterocycles. The van der Waals surface area contributed by atoms with Crippen LogP contribution in [0.3, 0.4) is 0 Å². The standard InChI is InChI=1S/C16H16BrF3O3S2/c17-12-7-13-24(14-8-3-1-4-9-14,15-10-5-2-6-11-15)23-25(21,22)16(18,19)20/h1-6,8-11H,7,12-13H2. The predicted molar refractivity (Wildman–Crippen MR) is 96.3 cm³/mol. The summed E-state index contributed by atoms with van der Waals surface area (Å²) in [5.41, 5.74) is -5.48. The number of halogens is 4. The minimum atomic E-state index is -5.76. The van der Waals surface area contributed by atoms with E-state index in [1.54, 1.807) is 60.7 Å². The summed E-state index contributed by atoms with van der Waals surface area (Å²) in [5.74, 6) is 0.140. The van der Waals surface area contributed by atoms with Crippen molar-refractivity contribution in [1.29, 1.82) is 0 Å². The summed E-state index contributed by atoms with van der Waals surface area (Å²) in [4.78, 5) is 0.852. The highest BCUT2D eigenvalue weighted by Crippen LogP contribution is 2.65. The van der Waals surface area contributed by atoms with Crippen molar-refractivity contribution in [2.24, 2.45) is 0 Å². The molecule has 3 nitrogen and oxygen atoms in total. The summed E-state index contributed by atoms with van der Waals surface area (Å²) in [6.45, 7) is 0. The van der Waals surface area contributed by atoms with Gasteiger partial charge in [0.1, 0.15) is 0 Å². The molecular weight excluding hydrogens is 441 g/mol. The van der Waals surface area contributed by atoms with E-state index in [4.69, 9.17) is 3.63 Å². The molecule has 0 amide bonds. The number of alkyl halides is 4. The van der Waals surface area contributed by atoms with Crippen LogP contribution in [0.1, 0.15) is 6.42 Å². The van der Waals surface area contributed by atoms with E-state index in [2.05, 4.69) is 15.9 Å². The van der Waals surface area contributed by atoms with Crippen molar-refractivity contribution >= 4 is 36.4 Å². The molecule has 0 unspecified atom stereocenters. The summed E-state index contributed by atoms with van der Waals surface area (Å²) < 4.78 is 67.7. The summed E-state index contributed by atoms with van der Waals surface area (Å²) in [5, 5.41) is 0.511. The molecule has 0 atom stereocenters. The fourth-order valence-electron chi connectivity index (χ4n) is 2.21. The number of hydrogen-bond acceptors (Lipinski definition) is 3. The van der Waals surface area contributed by atoms with E-state index in [0.717, 1.165) is 0 Å². The van der Waals surface area contributed by atoms with Crippen molar-refractivity contribution in [3.63, 3.8) is 0 Å². The molecule has 0 radical (unpaired) electrons. The van der Waals surface area contributed by atoms with Crippen LogP contribution in [0, 0.1) is 0 Å². The third kappa shape index (κ3) is 4.58. The van der Waals surface area contributed by atoms with Crippen LogP contribution < -0.4 is 0 Å². The van der Waals surface area contributed by atoms with Crippen LogP contribution in [0.2, 0.25) is 0 Å². The Morgan fingerprint density at radius 3 is 1.68 bits per heavy atom. The molecule has 2 rings (SSSR count). The van der Waals surface area contributed by atoms with Crippen LogP contribution in [0.4, 0.5) is 13.2 Å². The Bertz CT molecular complexity index is 742. The molecule has 0 aliphatic carbocycles. The lowest BCUT2D eigenvalue weighted by Crippen LogP contribution is -2.28. The van der Waals surface area contributed by atoms with Gasteiger partial charge in [0.15, 0.2) is 0 Å². The average Bonchev–Trinajstić information content (AvgIpc) is 2.59. The average molecular weight is 457 g/mol. The number of rotatable bonds is 7. The molecular formula is C16H16BrF3O3S2. The Morgan fingerprint density at radius 2 is 1.32 bits per heavy atom. The van der Waals surface area contributed by atoms with E-state index in [-0.39, 0.29) is 5.75 Å². The smallest absolute Gasteiger partial charge is 0.204 e. The lowest BCUT2D eigenvalue weighted by atomic mass is 10.4. The normalized spacial score (nSPS) is 13.6. The molecule has 0 spiro atoms. The summed E-state index contributed by atoms with van der Waals surface area (Å²) in [7, 11) is -8.66. The first-order valence-corrected chi connectivity index (χ1v) is 11.5. The zero-order chi connectivity index (χ0) is 18.6. The Kier molecular flexibility index (Phi) is 6.58. The largest absolute Gasteiger partial charge is 0.523 e. The van der Waals surface area contributed by atoms with Gasteiger partial charge >= 0.3 is 15.6 Å². The fourth-order valence-corrected chi connectivity index (χ4v) is 7.79. The van der Waals surface area contributed by atoms with Crippen molar-refractivity contribution in [2.45, 2.75) is 21.7 Å². The van der Waals surface area contributed by atoms with E-state index in [1.807, 2.05) is 0 Å². The van der Waals surface area contributed by atoms with E-state index in [9.17, 15) is 21.6 Å². The zero-order valence-electron chi connectivity index (χ0n) is 12.9. The zero-order valence-corrected chi connectivity index (χ0v) is 16.2. The van der Waals surface area contributed by atoms with Gasteiger partial charge in [-0.1, -0.05) is 62.6 Å². The first-order chi connectivity index (χ1) is 11.7. The van der Waals surface area contributed by atoms with E-state index in [0.29, 0.717) is 21.5 Å². The first kappa shape index (κ1) is 20.3. The Morgan fingerprint density at radius 1 is 0.880 bits per heavy atom. The summed E-state index contributed by atoms with van der Waals surface area (Å²) in [6, 6.07) is 16.4. The van der Waals surface area contributed by atoms with Gasteiger partial charge in [0.2, 0.25) is 0 Å². The second kappa shape index (κ2) is 8.11. The molecule has 0 N–H and O–H groups in total. The molecule has 0 saturated carbocycles. The van der Waals surface area contributed by atoms with Crippen molar-refractivity contribution in [1.82, 2.24) is 0 Å². The molecule has 0 fully saturated rings. The third-order valence-corrected chi connectivity index (χ3v) is 9.01. The predicted octanol–water partition coefficient (Wildman–Crippen LogP) is 5.48. The molecule has 9 heteroatoms. The monoisotopic (exact) mass is 456 g/mol. The van der Waals surface area contributed by atoms with Crippen LogP contribution in [-0.4, -0.2) is 25.0 Å². The van der Waals surface area contributed by atoms with Gasteiger partial charge < -0.3 is 0 Å². The van der Waals surface area contributed by atoms with E-state index < -0.39 is 25.9 Å². The van der Waals surface area contributed by atoms with Gasteiger partial charge in [0.05, 0.1) is 0 Å². The Balaban J connectivity index is 2.68. The maximum atomic E-state index is 13.0. The molecule has 0 aromatic heterocycles. The summed E-state index contributed by atoms with van der Waals surface area (Å²) in [6.07, 6.45) is 0.451. The van der Waals surface area contributed by atoms with Crippen LogP contribution >= 0.6 is 26.2 Å². The topological polar surface area (TPSA) is 43.4 Å². The molecule has 25 heavy (non-hydrogen) atoms. The Hall–Kier alpha value is -1.03. The van der Waals surface area contributed by atoms with Crippen LogP contribution in [-0.2, 0) is 13.7 Å². The van der Waals surface area contributed by atoms with Crippen molar-refractivity contribution in [2.75, 3.05) is 11.1 Å². The molecule has 0 saturated heterocycles. The lowest BCUT2D eigenvalue weighted by molar-refractivity contribution is -0.0496. The molecule has 0 bridgehead atoms. The fraction of sp³-hybridized carbons (Fsp3) is 0.250. The molecule has 2 aromatic carbocycles.